The standard InChI is InChI=1S/C14H11ClN4O/c15-12-7-6-10(16-12)14(20)17-13-8-11(18-19-13)9-4-2-1-3-5-9/h1-8,16H,(H2,17,18,19,20). The zero-order valence-corrected chi connectivity index (χ0v) is 11.1. The summed E-state index contributed by atoms with van der Waals surface area (Å²) in [5, 5.41) is 10.1. The molecule has 0 aliphatic rings. The summed E-state index contributed by atoms with van der Waals surface area (Å²) in [5.74, 6) is 0.169. The van der Waals surface area contributed by atoms with Gasteiger partial charge in [-0.05, 0) is 17.7 Å². The molecule has 3 N–H and O–H groups in total. The number of nitrogens with one attached hydrogen (secondary N) is 3. The van der Waals surface area contributed by atoms with Gasteiger partial charge < -0.3 is 10.3 Å². The highest BCUT2D eigenvalue weighted by Crippen LogP contribution is 2.19. The molecule has 5 nitrogen and oxygen atoms in total. The van der Waals surface area contributed by atoms with Gasteiger partial charge in [0.25, 0.3) is 5.91 Å². The summed E-state index contributed by atoms with van der Waals surface area (Å²) in [6.45, 7) is 0. The van der Waals surface area contributed by atoms with Crippen molar-refractivity contribution in [1.29, 1.82) is 0 Å². The number of carbonyl (C=O) groups is 1. The molecule has 0 saturated heterocycles. The first-order valence-electron chi connectivity index (χ1n) is 5.99. The van der Waals surface area contributed by atoms with Crippen LogP contribution in [0.4, 0.5) is 5.82 Å². The predicted octanol–water partition coefficient (Wildman–Crippen LogP) is 3.31. The molecular weight excluding hydrogens is 276 g/mol. The number of halogens is 1. The topological polar surface area (TPSA) is 73.6 Å². The van der Waals surface area contributed by atoms with Gasteiger partial charge in [-0.1, -0.05) is 41.9 Å². The van der Waals surface area contributed by atoms with E-state index in [0.717, 1.165) is 11.3 Å². The first-order chi connectivity index (χ1) is 9.72. The summed E-state index contributed by atoms with van der Waals surface area (Å²) >= 11 is 5.73. The molecule has 0 saturated carbocycles. The first kappa shape index (κ1) is 12.5. The molecule has 0 unspecified atom stereocenters. The van der Waals surface area contributed by atoms with Crippen LogP contribution in [0.25, 0.3) is 11.3 Å². The number of benzene rings is 1. The Hall–Kier alpha value is -2.53. The quantitative estimate of drug-likeness (QED) is 0.691. The monoisotopic (exact) mass is 286 g/mol. The number of amides is 1. The molecule has 3 rings (SSSR count). The van der Waals surface area contributed by atoms with Gasteiger partial charge in [0.2, 0.25) is 0 Å². The molecule has 6 heteroatoms. The molecule has 0 atom stereocenters. The maximum Gasteiger partial charge on any atom is 0.273 e. The van der Waals surface area contributed by atoms with E-state index in [1.807, 2.05) is 30.3 Å². The van der Waals surface area contributed by atoms with Gasteiger partial charge in [0.15, 0.2) is 5.82 Å². The van der Waals surface area contributed by atoms with Gasteiger partial charge in [-0.2, -0.15) is 5.10 Å². The molecule has 1 aromatic carbocycles. The second-order valence-corrected chi connectivity index (χ2v) is 4.61. The number of hydrogen-bond acceptors (Lipinski definition) is 2. The Morgan fingerprint density at radius 2 is 1.95 bits per heavy atom. The van der Waals surface area contributed by atoms with Crippen LogP contribution in [0, 0.1) is 0 Å². The van der Waals surface area contributed by atoms with Crippen LogP contribution in [0.15, 0.2) is 48.5 Å². The van der Waals surface area contributed by atoms with E-state index < -0.39 is 0 Å². The number of anilines is 1. The summed E-state index contributed by atoms with van der Waals surface area (Å²) in [7, 11) is 0. The number of rotatable bonds is 3. The third-order valence-electron chi connectivity index (χ3n) is 2.80. The Kier molecular flexibility index (Phi) is 3.26. The molecule has 20 heavy (non-hydrogen) atoms. The largest absolute Gasteiger partial charge is 0.342 e. The molecule has 0 spiro atoms. The van der Waals surface area contributed by atoms with Crippen LogP contribution in [0.3, 0.4) is 0 Å². The summed E-state index contributed by atoms with van der Waals surface area (Å²) in [6, 6.07) is 14.8. The summed E-state index contributed by atoms with van der Waals surface area (Å²) in [6.07, 6.45) is 0. The van der Waals surface area contributed by atoms with Crippen LogP contribution in [0.2, 0.25) is 5.15 Å². The van der Waals surface area contributed by atoms with Crippen LogP contribution in [-0.2, 0) is 0 Å². The number of aromatic nitrogens is 3. The molecule has 1 amide bonds. The molecule has 0 fully saturated rings. The number of H-pyrrole nitrogens is 2. The fourth-order valence-electron chi connectivity index (χ4n) is 1.84. The van der Waals surface area contributed by atoms with Crippen molar-refractivity contribution < 1.29 is 4.79 Å². The zero-order chi connectivity index (χ0) is 13.9. The lowest BCUT2D eigenvalue weighted by Gasteiger charge is -1.98. The molecule has 0 aliphatic heterocycles. The average molecular weight is 287 g/mol. The highest BCUT2D eigenvalue weighted by Gasteiger charge is 2.10. The van der Waals surface area contributed by atoms with E-state index in [4.69, 9.17) is 11.6 Å². The summed E-state index contributed by atoms with van der Waals surface area (Å²) in [5.41, 5.74) is 2.23. The summed E-state index contributed by atoms with van der Waals surface area (Å²) < 4.78 is 0. The van der Waals surface area contributed by atoms with Crippen molar-refractivity contribution in [3.05, 3.63) is 59.4 Å². The molecule has 0 bridgehead atoms. The van der Waals surface area contributed by atoms with E-state index in [1.54, 1.807) is 18.2 Å². The van der Waals surface area contributed by atoms with Gasteiger partial charge in [-0.15, -0.1) is 0 Å². The van der Waals surface area contributed by atoms with Gasteiger partial charge in [-0.25, -0.2) is 0 Å². The molecule has 2 aromatic heterocycles. The molecule has 0 aliphatic carbocycles. The van der Waals surface area contributed by atoms with Gasteiger partial charge >= 0.3 is 0 Å². The molecule has 0 radical (unpaired) electrons. The van der Waals surface area contributed by atoms with Crippen molar-refractivity contribution in [3.63, 3.8) is 0 Å². The van der Waals surface area contributed by atoms with Crippen molar-refractivity contribution in [2.24, 2.45) is 0 Å². The number of aromatic amines is 2. The van der Waals surface area contributed by atoms with E-state index >= 15 is 0 Å². The fourth-order valence-corrected chi connectivity index (χ4v) is 2.00. The van der Waals surface area contributed by atoms with Gasteiger partial charge in [-0.3, -0.25) is 9.89 Å². The Morgan fingerprint density at radius 1 is 1.15 bits per heavy atom. The van der Waals surface area contributed by atoms with Crippen molar-refractivity contribution in [2.45, 2.75) is 0 Å². The third kappa shape index (κ3) is 2.57. The van der Waals surface area contributed by atoms with Gasteiger partial charge in [0.05, 0.1) is 5.69 Å². The lowest BCUT2D eigenvalue weighted by molar-refractivity contribution is 0.102. The SMILES string of the molecule is O=C(Nc1cc(-c2ccccc2)[nH]n1)c1ccc(Cl)[nH]1. The highest BCUT2D eigenvalue weighted by molar-refractivity contribution is 6.29. The second-order valence-electron chi connectivity index (χ2n) is 4.21. The van der Waals surface area contributed by atoms with Crippen molar-refractivity contribution in [3.8, 4) is 11.3 Å². The predicted molar refractivity (Wildman–Crippen MR) is 77.8 cm³/mol. The Labute approximate surface area is 120 Å². The molecular formula is C14H11ClN4O. The number of carbonyl (C=O) groups excluding carboxylic acids is 1. The Balaban J connectivity index is 1.76. The van der Waals surface area contributed by atoms with Crippen LogP contribution >= 0.6 is 11.6 Å². The van der Waals surface area contributed by atoms with Crippen molar-refractivity contribution >= 4 is 23.3 Å². The lowest BCUT2D eigenvalue weighted by Crippen LogP contribution is -2.12. The molecule has 2 heterocycles. The Morgan fingerprint density at radius 3 is 2.65 bits per heavy atom. The fraction of sp³-hybridized carbons (Fsp3) is 0. The van der Waals surface area contributed by atoms with E-state index in [-0.39, 0.29) is 5.91 Å². The minimum atomic E-state index is -0.289. The van der Waals surface area contributed by atoms with Crippen LogP contribution in [0.1, 0.15) is 10.5 Å². The molecule has 100 valence electrons. The minimum Gasteiger partial charge on any atom is -0.342 e. The van der Waals surface area contributed by atoms with E-state index in [9.17, 15) is 4.79 Å². The van der Waals surface area contributed by atoms with E-state index in [2.05, 4.69) is 20.5 Å². The first-order valence-corrected chi connectivity index (χ1v) is 6.37. The van der Waals surface area contributed by atoms with Crippen LogP contribution < -0.4 is 5.32 Å². The average Bonchev–Trinajstić information content (AvgIpc) is 3.09. The number of hydrogen-bond donors (Lipinski definition) is 3. The Bertz CT molecular complexity index is 732. The maximum atomic E-state index is 11.9. The van der Waals surface area contributed by atoms with Crippen molar-refractivity contribution in [1.82, 2.24) is 15.2 Å². The lowest BCUT2D eigenvalue weighted by atomic mass is 10.1. The van der Waals surface area contributed by atoms with E-state index in [1.165, 1.54) is 0 Å². The van der Waals surface area contributed by atoms with Crippen LogP contribution in [-0.4, -0.2) is 21.1 Å². The van der Waals surface area contributed by atoms with Gasteiger partial charge in [0.1, 0.15) is 10.8 Å². The van der Waals surface area contributed by atoms with Crippen molar-refractivity contribution in [2.75, 3.05) is 5.32 Å². The van der Waals surface area contributed by atoms with Gasteiger partial charge in [0, 0.05) is 6.07 Å². The normalized spacial score (nSPS) is 10.4. The minimum absolute atomic E-state index is 0.289. The maximum absolute atomic E-state index is 11.9. The third-order valence-corrected chi connectivity index (χ3v) is 3.02. The van der Waals surface area contributed by atoms with E-state index in [0.29, 0.717) is 16.7 Å². The van der Waals surface area contributed by atoms with Crippen LogP contribution in [0.5, 0.6) is 0 Å². The molecule has 3 aromatic rings. The smallest absolute Gasteiger partial charge is 0.273 e. The zero-order valence-electron chi connectivity index (χ0n) is 10.4. The summed E-state index contributed by atoms with van der Waals surface area (Å²) in [4.78, 5) is 14.7. The number of nitrogens with zero attached hydrogens (tertiary/aromatic N) is 1. The second kappa shape index (κ2) is 5.22. The highest BCUT2D eigenvalue weighted by atomic mass is 35.5.